The molecule has 1 saturated heterocycles. The van der Waals surface area contributed by atoms with Gasteiger partial charge >= 0.3 is 0 Å². The van der Waals surface area contributed by atoms with Crippen molar-refractivity contribution >= 4 is 38.9 Å². The van der Waals surface area contributed by atoms with Crippen LogP contribution in [-0.2, 0) is 16.6 Å². The topological polar surface area (TPSA) is 79.4 Å². The Hall–Kier alpha value is -1.48. The number of carbonyl (C=O) groups excluding carboxylic acids is 1. The molecule has 128 valence electrons. The Morgan fingerprint density at radius 1 is 1.38 bits per heavy atom. The second-order valence-electron chi connectivity index (χ2n) is 5.40. The predicted octanol–water partition coefficient (Wildman–Crippen LogP) is 2.51. The van der Waals surface area contributed by atoms with Gasteiger partial charge in [0.25, 0.3) is 5.91 Å². The van der Waals surface area contributed by atoms with E-state index < -0.39 is 15.9 Å². The second kappa shape index (κ2) is 7.18. The first-order valence-corrected chi connectivity index (χ1v) is 10.1. The molecule has 9 heteroatoms. The zero-order chi connectivity index (χ0) is 17.2. The smallest absolute Gasteiger partial charge is 0.263 e. The summed E-state index contributed by atoms with van der Waals surface area (Å²) >= 11 is 6.96. The molecule has 1 fully saturated rings. The van der Waals surface area contributed by atoms with E-state index in [2.05, 4.69) is 10.3 Å². The molecule has 2 aromatic heterocycles. The van der Waals surface area contributed by atoms with Crippen LogP contribution in [-0.4, -0.2) is 36.7 Å². The maximum absolute atomic E-state index is 12.7. The van der Waals surface area contributed by atoms with Gasteiger partial charge in [0.1, 0.15) is 9.77 Å². The van der Waals surface area contributed by atoms with E-state index >= 15 is 0 Å². The lowest BCUT2D eigenvalue weighted by Crippen LogP contribution is -2.30. The number of sulfonamides is 1. The fourth-order valence-electron chi connectivity index (χ4n) is 2.53. The number of pyridine rings is 1. The normalized spacial score (nSPS) is 15.5. The van der Waals surface area contributed by atoms with Gasteiger partial charge in [-0.15, -0.1) is 11.3 Å². The Morgan fingerprint density at radius 3 is 2.79 bits per heavy atom. The van der Waals surface area contributed by atoms with Crippen LogP contribution in [0.25, 0.3) is 0 Å². The predicted molar refractivity (Wildman–Crippen MR) is 92.7 cm³/mol. The van der Waals surface area contributed by atoms with E-state index in [0.29, 0.717) is 13.1 Å². The minimum atomic E-state index is -3.69. The highest BCUT2D eigenvalue weighted by Crippen LogP contribution is 2.33. The average Bonchev–Trinajstić information content (AvgIpc) is 3.23. The number of nitrogens with zero attached hydrogens (tertiary/aromatic N) is 2. The molecule has 3 rings (SSSR count). The van der Waals surface area contributed by atoms with Gasteiger partial charge in [0, 0.05) is 32.0 Å². The van der Waals surface area contributed by atoms with Crippen molar-refractivity contribution in [1.82, 2.24) is 14.6 Å². The van der Waals surface area contributed by atoms with Crippen molar-refractivity contribution in [1.29, 1.82) is 0 Å². The van der Waals surface area contributed by atoms with Gasteiger partial charge in [-0.2, -0.15) is 4.31 Å². The largest absolute Gasteiger partial charge is 0.347 e. The standard InChI is InChI=1S/C15H16ClN3O3S2/c16-13-8-12(24(21,22)19-6-1-2-7-19)14(23-13)15(20)18-10-11-4-3-5-17-9-11/h3-5,8-9H,1-2,6-7,10H2,(H,18,20). The van der Waals surface area contributed by atoms with Crippen LogP contribution >= 0.6 is 22.9 Å². The van der Waals surface area contributed by atoms with Crippen molar-refractivity contribution in [2.45, 2.75) is 24.3 Å². The molecular weight excluding hydrogens is 370 g/mol. The van der Waals surface area contributed by atoms with Gasteiger partial charge in [-0.1, -0.05) is 17.7 Å². The van der Waals surface area contributed by atoms with E-state index in [4.69, 9.17) is 11.6 Å². The summed E-state index contributed by atoms with van der Waals surface area (Å²) < 4.78 is 27.1. The van der Waals surface area contributed by atoms with Crippen LogP contribution in [0.2, 0.25) is 4.34 Å². The summed E-state index contributed by atoms with van der Waals surface area (Å²) in [6, 6.07) is 4.96. The van der Waals surface area contributed by atoms with E-state index in [-0.39, 0.29) is 20.7 Å². The van der Waals surface area contributed by atoms with Crippen LogP contribution < -0.4 is 5.32 Å². The first-order valence-electron chi connectivity index (χ1n) is 7.45. The molecule has 2 aromatic rings. The fraction of sp³-hybridized carbons (Fsp3) is 0.333. The quantitative estimate of drug-likeness (QED) is 0.857. The van der Waals surface area contributed by atoms with E-state index in [9.17, 15) is 13.2 Å². The third-order valence-corrected chi connectivity index (χ3v) is 7.05. The molecule has 0 aromatic carbocycles. The third kappa shape index (κ3) is 3.61. The van der Waals surface area contributed by atoms with Gasteiger partial charge < -0.3 is 5.32 Å². The molecular formula is C15H16ClN3O3S2. The Labute approximate surface area is 149 Å². The van der Waals surface area contributed by atoms with Crippen molar-refractivity contribution in [3.8, 4) is 0 Å². The van der Waals surface area contributed by atoms with E-state index in [1.165, 1.54) is 10.4 Å². The molecule has 0 spiro atoms. The van der Waals surface area contributed by atoms with Crippen LogP contribution in [0.3, 0.4) is 0 Å². The van der Waals surface area contributed by atoms with E-state index in [1.54, 1.807) is 18.5 Å². The van der Waals surface area contributed by atoms with Crippen molar-refractivity contribution < 1.29 is 13.2 Å². The lowest BCUT2D eigenvalue weighted by atomic mass is 10.3. The van der Waals surface area contributed by atoms with E-state index in [1.807, 2.05) is 6.07 Å². The second-order valence-corrected chi connectivity index (χ2v) is 8.99. The summed E-state index contributed by atoms with van der Waals surface area (Å²) in [4.78, 5) is 16.5. The summed E-state index contributed by atoms with van der Waals surface area (Å²) in [6.07, 6.45) is 4.95. The molecule has 6 nitrogen and oxygen atoms in total. The Kier molecular flexibility index (Phi) is 5.19. The highest BCUT2D eigenvalue weighted by molar-refractivity contribution is 7.89. The highest BCUT2D eigenvalue weighted by Gasteiger charge is 2.32. The zero-order valence-corrected chi connectivity index (χ0v) is 15.1. The zero-order valence-electron chi connectivity index (χ0n) is 12.7. The number of hydrogen-bond acceptors (Lipinski definition) is 5. The summed E-state index contributed by atoms with van der Waals surface area (Å²) in [7, 11) is -3.69. The third-order valence-electron chi connectivity index (χ3n) is 3.73. The number of hydrogen-bond donors (Lipinski definition) is 1. The minimum Gasteiger partial charge on any atom is -0.347 e. The monoisotopic (exact) mass is 385 g/mol. The molecule has 24 heavy (non-hydrogen) atoms. The number of amides is 1. The van der Waals surface area contributed by atoms with Crippen molar-refractivity contribution in [3.05, 3.63) is 45.4 Å². The molecule has 1 aliphatic heterocycles. The number of nitrogens with one attached hydrogen (secondary N) is 1. The van der Waals surface area contributed by atoms with Gasteiger partial charge in [0.2, 0.25) is 10.0 Å². The van der Waals surface area contributed by atoms with Crippen LogP contribution in [0.15, 0.2) is 35.5 Å². The molecule has 0 unspecified atom stereocenters. The van der Waals surface area contributed by atoms with Crippen LogP contribution in [0.5, 0.6) is 0 Å². The SMILES string of the molecule is O=C(NCc1cccnc1)c1sc(Cl)cc1S(=O)(=O)N1CCCC1. The van der Waals surface area contributed by atoms with Gasteiger partial charge in [-0.25, -0.2) is 8.42 Å². The summed E-state index contributed by atoms with van der Waals surface area (Å²) in [6.45, 7) is 1.23. The number of halogens is 1. The Bertz CT molecular complexity index is 831. The van der Waals surface area contributed by atoms with Crippen LogP contribution in [0.4, 0.5) is 0 Å². The summed E-state index contributed by atoms with van der Waals surface area (Å²) in [5.74, 6) is -0.450. The van der Waals surface area contributed by atoms with Crippen molar-refractivity contribution in [2.75, 3.05) is 13.1 Å². The van der Waals surface area contributed by atoms with Crippen molar-refractivity contribution in [3.63, 3.8) is 0 Å². The molecule has 1 amide bonds. The van der Waals surface area contributed by atoms with Gasteiger partial charge in [-0.05, 0) is 30.5 Å². The van der Waals surface area contributed by atoms with Crippen molar-refractivity contribution in [2.24, 2.45) is 0 Å². The molecule has 0 radical (unpaired) electrons. The number of carbonyl (C=O) groups is 1. The summed E-state index contributed by atoms with van der Waals surface area (Å²) in [5, 5.41) is 2.72. The van der Waals surface area contributed by atoms with Crippen LogP contribution in [0, 0.1) is 0 Å². The highest BCUT2D eigenvalue weighted by atomic mass is 35.5. The maximum Gasteiger partial charge on any atom is 0.263 e. The average molecular weight is 386 g/mol. The van der Waals surface area contributed by atoms with Crippen LogP contribution in [0.1, 0.15) is 28.1 Å². The van der Waals surface area contributed by atoms with Gasteiger partial charge in [0.15, 0.2) is 0 Å². The number of aromatic nitrogens is 1. The summed E-state index contributed by atoms with van der Waals surface area (Å²) in [5.41, 5.74) is 0.831. The molecule has 1 N–H and O–H groups in total. The van der Waals surface area contributed by atoms with Gasteiger partial charge in [0.05, 0.1) is 4.34 Å². The minimum absolute atomic E-state index is 0.0110. The molecule has 0 atom stereocenters. The first-order chi connectivity index (χ1) is 11.5. The van der Waals surface area contributed by atoms with E-state index in [0.717, 1.165) is 29.7 Å². The maximum atomic E-state index is 12.7. The Morgan fingerprint density at radius 2 is 2.12 bits per heavy atom. The molecule has 1 aliphatic rings. The fourth-order valence-corrected chi connectivity index (χ4v) is 5.76. The lowest BCUT2D eigenvalue weighted by Gasteiger charge is -2.15. The number of rotatable bonds is 5. The first kappa shape index (κ1) is 17.3. The number of thiophene rings is 1. The molecule has 0 aliphatic carbocycles. The Balaban J connectivity index is 1.82. The molecule has 0 bridgehead atoms. The molecule has 3 heterocycles. The molecule has 0 saturated carbocycles. The lowest BCUT2D eigenvalue weighted by molar-refractivity contribution is 0.0952. The van der Waals surface area contributed by atoms with Gasteiger partial charge in [-0.3, -0.25) is 9.78 Å².